The highest BCUT2D eigenvalue weighted by Crippen LogP contribution is 2.24. The number of anilines is 1. The first-order valence-electron chi connectivity index (χ1n) is 12.0. The summed E-state index contributed by atoms with van der Waals surface area (Å²) >= 11 is 0. The Bertz CT molecular complexity index is 1370. The highest BCUT2D eigenvalue weighted by Gasteiger charge is 2.23. The van der Waals surface area contributed by atoms with Gasteiger partial charge in [-0.15, -0.1) is 0 Å². The molecule has 9 nitrogen and oxygen atoms in total. The topological polar surface area (TPSA) is 92.6 Å². The summed E-state index contributed by atoms with van der Waals surface area (Å²) in [5.74, 6) is 0.534. The number of carbonyl (C=O) groups is 2. The van der Waals surface area contributed by atoms with Crippen LogP contribution in [0.4, 0.5) is 5.69 Å². The van der Waals surface area contributed by atoms with Crippen LogP contribution < -0.4 is 15.0 Å². The van der Waals surface area contributed by atoms with Crippen LogP contribution >= 0.6 is 0 Å². The molecule has 188 valence electrons. The maximum Gasteiger partial charge on any atom is 0.242 e. The molecule has 4 aromatic rings. The molecule has 0 spiro atoms. The number of hydrogen-bond acceptors (Lipinski definition) is 6. The van der Waals surface area contributed by atoms with Crippen molar-refractivity contribution < 1.29 is 14.3 Å². The van der Waals surface area contributed by atoms with Crippen LogP contribution in [0.25, 0.3) is 5.69 Å². The molecule has 2 aromatic carbocycles. The van der Waals surface area contributed by atoms with Crippen molar-refractivity contribution >= 4 is 17.5 Å². The summed E-state index contributed by atoms with van der Waals surface area (Å²) in [6.45, 7) is 1.66. The number of aromatic nitrogens is 3. The van der Waals surface area contributed by atoms with Gasteiger partial charge in [0.05, 0.1) is 38.8 Å². The number of rotatable bonds is 9. The smallest absolute Gasteiger partial charge is 0.242 e. The fourth-order valence-electron chi connectivity index (χ4n) is 4.33. The number of amides is 2. The maximum absolute atomic E-state index is 12.3. The van der Waals surface area contributed by atoms with Crippen molar-refractivity contribution in [3.05, 3.63) is 102 Å². The predicted octanol–water partition coefficient (Wildman–Crippen LogP) is 2.94. The number of nitrogens with zero attached hydrogens (tertiary/aromatic N) is 5. The van der Waals surface area contributed by atoms with Crippen LogP contribution in [0.5, 0.6) is 5.75 Å². The molecule has 0 aliphatic carbocycles. The van der Waals surface area contributed by atoms with Gasteiger partial charge in [0.2, 0.25) is 11.8 Å². The fraction of sp³-hybridized carbons (Fsp3) is 0.214. The van der Waals surface area contributed by atoms with E-state index >= 15 is 0 Å². The van der Waals surface area contributed by atoms with Crippen LogP contribution in [0, 0.1) is 0 Å². The second-order valence-corrected chi connectivity index (χ2v) is 8.88. The minimum Gasteiger partial charge on any atom is -0.497 e. The molecular formula is C28H28N6O3. The molecule has 2 aromatic heterocycles. The summed E-state index contributed by atoms with van der Waals surface area (Å²) in [6.07, 6.45) is 7.20. The van der Waals surface area contributed by atoms with Crippen molar-refractivity contribution in [3.63, 3.8) is 0 Å². The second kappa shape index (κ2) is 10.9. The molecule has 3 heterocycles. The Balaban J connectivity index is 1.40. The lowest BCUT2D eigenvalue weighted by atomic mass is 10.1. The van der Waals surface area contributed by atoms with Crippen LogP contribution in [0.2, 0.25) is 0 Å². The highest BCUT2D eigenvalue weighted by atomic mass is 16.5. The number of nitrogens with one attached hydrogen (secondary N) is 1. The lowest BCUT2D eigenvalue weighted by Crippen LogP contribution is -2.51. The molecule has 1 aliphatic rings. The van der Waals surface area contributed by atoms with Crippen molar-refractivity contribution in [2.75, 3.05) is 25.1 Å². The minimum atomic E-state index is -0.158. The molecule has 5 rings (SSSR count). The van der Waals surface area contributed by atoms with E-state index in [1.165, 1.54) is 4.90 Å². The number of carbonyl (C=O) groups excluding carboxylic acids is 2. The van der Waals surface area contributed by atoms with Crippen molar-refractivity contribution in [2.24, 2.45) is 0 Å². The summed E-state index contributed by atoms with van der Waals surface area (Å²) in [7, 11) is 1.66. The third-order valence-corrected chi connectivity index (χ3v) is 6.26. The zero-order chi connectivity index (χ0) is 25.6. The molecule has 37 heavy (non-hydrogen) atoms. The number of benzene rings is 2. The van der Waals surface area contributed by atoms with E-state index in [1.54, 1.807) is 25.8 Å². The normalized spacial score (nSPS) is 13.4. The van der Waals surface area contributed by atoms with Gasteiger partial charge < -0.3 is 24.4 Å². The molecule has 0 unspecified atom stereocenters. The van der Waals surface area contributed by atoms with Crippen molar-refractivity contribution in [1.82, 2.24) is 24.8 Å². The molecule has 2 amide bonds. The van der Waals surface area contributed by atoms with Gasteiger partial charge in [-0.2, -0.15) is 0 Å². The predicted molar refractivity (Wildman–Crippen MR) is 139 cm³/mol. The Morgan fingerprint density at radius 2 is 1.84 bits per heavy atom. The van der Waals surface area contributed by atoms with Gasteiger partial charge in [-0.25, -0.2) is 4.98 Å². The third-order valence-electron chi connectivity index (χ3n) is 6.26. The molecule has 1 aliphatic heterocycles. The van der Waals surface area contributed by atoms with Crippen LogP contribution in [-0.4, -0.2) is 51.4 Å². The maximum atomic E-state index is 12.3. The first kappa shape index (κ1) is 24.1. The summed E-state index contributed by atoms with van der Waals surface area (Å²) in [5, 5.41) is 2.58. The van der Waals surface area contributed by atoms with E-state index in [9.17, 15) is 9.59 Å². The molecule has 0 bridgehead atoms. The average molecular weight is 497 g/mol. The van der Waals surface area contributed by atoms with Gasteiger partial charge in [0.25, 0.3) is 0 Å². The van der Waals surface area contributed by atoms with E-state index < -0.39 is 0 Å². The Labute approximate surface area is 215 Å². The highest BCUT2D eigenvalue weighted by molar-refractivity contribution is 5.92. The zero-order valence-corrected chi connectivity index (χ0v) is 20.6. The molecule has 9 heteroatoms. The zero-order valence-electron chi connectivity index (χ0n) is 20.6. The molecule has 0 atom stereocenters. The van der Waals surface area contributed by atoms with E-state index in [0.717, 1.165) is 33.9 Å². The van der Waals surface area contributed by atoms with Gasteiger partial charge >= 0.3 is 0 Å². The molecule has 0 saturated carbocycles. The number of imidazole rings is 1. The van der Waals surface area contributed by atoms with Crippen LogP contribution in [0.1, 0.15) is 16.8 Å². The number of methoxy groups -OCH3 is 1. The van der Waals surface area contributed by atoms with Crippen molar-refractivity contribution in [3.8, 4) is 11.4 Å². The van der Waals surface area contributed by atoms with Gasteiger partial charge in [-0.05, 0) is 47.5 Å². The number of piperazine rings is 1. The second-order valence-electron chi connectivity index (χ2n) is 8.88. The summed E-state index contributed by atoms with van der Waals surface area (Å²) in [6, 6.07) is 20.3. The molecule has 0 radical (unpaired) electrons. The summed E-state index contributed by atoms with van der Waals surface area (Å²) in [4.78, 5) is 36.5. The quantitative estimate of drug-likeness (QED) is 0.383. The monoisotopic (exact) mass is 496 g/mol. The van der Waals surface area contributed by atoms with Gasteiger partial charge in [0.1, 0.15) is 5.75 Å². The Morgan fingerprint density at radius 1 is 1.00 bits per heavy atom. The Kier molecular flexibility index (Phi) is 7.12. The first-order valence-corrected chi connectivity index (χ1v) is 12.0. The van der Waals surface area contributed by atoms with E-state index in [4.69, 9.17) is 4.74 Å². The van der Waals surface area contributed by atoms with Gasteiger partial charge in [0, 0.05) is 43.1 Å². The minimum absolute atomic E-state index is 0.0234. The van der Waals surface area contributed by atoms with Gasteiger partial charge in [0.15, 0.2) is 0 Å². The third kappa shape index (κ3) is 5.95. The van der Waals surface area contributed by atoms with Crippen molar-refractivity contribution in [2.45, 2.75) is 19.6 Å². The largest absolute Gasteiger partial charge is 0.497 e. The van der Waals surface area contributed by atoms with Gasteiger partial charge in [-0.3, -0.25) is 14.6 Å². The first-order chi connectivity index (χ1) is 18.1. The SMILES string of the molecule is COc1cccc(CN(Cc2ccc(-n3ccnc3)cc2)c2ccnc(CN3CC(=O)NCC3=O)c2)c1. The lowest BCUT2D eigenvalue weighted by molar-refractivity contribution is -0.141. The Hall–Kier alpha value is -4.66. The molecule has 1 N–H and O–H groups in total. The van der Waals surface area contributed by atoms with E-state index in [-0.39, 0.29) is 31.4 Å². The average Bonchev–Trinajstić information content (AvgIpc) is 3.46. The summed E-state index contributed by atoms with van der Waals surface area (Å²) in [5.41, 5.74) is 5.00. The van der Waals surface area contributed by atoms with E-state index in [1.807, 2.05) is 41.1 Å². The Morgan fingerprint density at radius 3 is 2.62 bits per heavy atom. The van der Waals surface area contributed by atoms with Crippen molar-refractivity contribution in [1.29, 1.82) is 0 Å². The summed E-state index contributed by atoms with van der Waals surface area (Å²) < 4.78 is 7.39. The van der Waals surface area contributed by atoms with Crippen LogP contribution in [-0.2, 0) is 29.2 Å². The van der Waals surface area contributed by atoms with E-state index in [2.05, 4.69) is 50.5 Å². The number of pyridine rings is 1. The standard InChI is InChI=1S/C28H28N6O3/c1-37-26-4-2-3-22(13-26)17-33(16-21-5-7-24(8-6-21)32-12-11-29-20-32)25-9-10-30-23(14-25)18-34-19-27(35)31-15-28(34)36/h2-14,20H,15-19H2,1H3,(H,31,35). The molecule has 1 saturated heterocycles. The lowest BCUT2D eigenvalue weighted by Gasteiger charge is -2.28. The van der Waals surface area contributed by atoms with Crippen LogP contribution in [0.3, 0.4) is 0 Å². The molecule has 1 fully saturated rings. The van der Waals surface area contributed by atoms with Gasteiger partial charge in [-0.1, -0.05) is 24.3 Å². The molecular weight excluding hydrogens is 468 g/mol. The fourth-order valence-corrected chi connectivity index (χ4v) is 4.33. The number of ether oxygens (including phenoxy) is 1. The van der Waals surface area contributed by atoms with Crippen LogP contribution in [0.15, 0.2) is 85.6 Å². The van der Waals surface area contributed by atoms with E-state index in [0.29, 0.717) is 13.1 Å². The number of hydrogen-bond donors (Lipinski definition) is 1.